The molecule has 7 nitrogen and oxygen atoms in total. The second-order valence-electron chi connectivity index (χ2n) is 10.7. The second-order valence-corrected chi connectivity index (χ2v) is 11.1. The number of unbranched alkanes of at least 4 members (excludes halogenated alkanes) is 7. The molecule has 1 amide bonds. The molecule has 1 aliphatic rings. The first kappa shape index (κ1) is 33.1. The molecule has 3 aromatic rings. The lowest BCUT2D eigenvalue weighted by Crippen LogP contribution is -2.31. The predicted molar refractivity (Wildman–Crippen MR) is 167 cm³/mol. The van der Waals surface area contributed by atoms with Gasteiger partial charge in [-0.25, -0.2) is 14.2 Å². The third-order valence-corrected chi connectivity index (χ3v) is 7.91. The van der Waals surface area contributed by atoms with Gasteiger partial charge in [-0.1, -0.05) is 63.5 Å². The molecule has 4 rings (SSSR count). The fraction of sp³-hybridized carbons (Fsp3) is 0.455. The highest BCUT2D eigenvalue weighted by Crippen LogP contribution is 2.35. The van der Waals surface area contributed by atoms with Crippen LogP contribution in [0.15, 0.2) is 42.9 Å². The number of aromatic nitrogens is 2. The van der Waals surface area contributed by atoms with Crippen molar-refractivity contribution in [1.29, 1.82) is 0 Å². The molecule has 0 radical (unpaired) electrons. The lowest BCUT2D eigenvalue weighted by Gasteiger charge is -2.26. The number of fused-ring (bicyclic) bond motifs is 1. The molecule has 2 N–H and O–H groups in total. The van der Waals surface area contributed by atoms with Gasteiger partial charge >= 0.3 is 5.97 Å². The summed E-state index contributed by atoms with van der Waals surface area (Å²) in [5.74, 6) is -1.38. The number of carboxylic acids is 1. The number of nitrogens with zero attached hydrogens (tertiary/aromatic N) is 3. The van der Waals surface area contributed by atoms with Crippen LogP contribution in [-0.4, -0.2) is 40.5 Å². The molecular weight excluding hydrogens is 555 g/mol. The topological polar surface area (TPSA) is 95.4 Å². The SMILES string of the molecule is CCCCCCCCCCNCc1cncc(-c2cc3c(cc2F)N(C)C(=O)CC3)c1C.O=C(O)c1ncccc1Cl. The molecule has 0 atom stereocenters. The van der Waals surface area contributed by atoms with Crippen LogP contribution >= 0.6 is 11.6 Å². The van der Waals surface area contributed by atoms with Gasteiger partial charge in [0.05, 0.1) is 5.02 Å². The summed E-state index contributed by atoms with van der Waals surface area (Å²) in [7, 11) is 1.71. The standard InChI is InChI=1S/C27H38FN3O.C6H4ClNO2/c1-4-5-6-7-8-9-10-11-14-29-17-22-18-30-19-24(20(22)2)23-15-21-12-13-27(32)31(3)26(21)16-25(23)28;7-4-2-1-3-8-5(4)6(9)10/h15-16,18-19,29H,4-14,17H2,1-3H3;1-3H,(H,9,10). The molecule has 9 heteroatoms. The van der Waals surface area contributed by atoms with E-state index in [-0.39, 0.29) is 22.4 Å². The minimum absolute atomic E-state index is 0.0343. The van der Waals surface area contributed by atoms with Crippen LogP contribution in [0.25, 0.3) is 11.1 Å². The fourth-order valence-electron chi connectivity index (χ4n) is 5.04. The summed E-state index contributed by atoms with van der Waals surface area (Å²) < 4.78 is 15.0. The Labute approximate surface area is 253 Å². The first-order valence-electron chi connectivity index (χ1n) is 14.8. The first-order valence-corrected chi connectivity index (χ1v) is 15.2. The number of benzene rings is 1. The van der Waals surface area contributed by atoms with E-state index in [9.17, 15) is 9.59 Å². The largest absolute Gasteiger partial charge is 0.476 e. The van der Waals surface area contributed by atoms with E-state index in [1.807, 2.05) is 19.2 Å². The van der Waals surface area contributed by atoms with Gasteiger partial charge in [0.15, 0.2) is 5.69 Å². The van der Waals surface area contributed by atoms with Gasteiger partial charge in [-0.15, -0.1) is 0 Å². The summed E-state index contributed by atoms with van der Waals surface area (Å²) in [6.07, 6.45) is 16.7. The molecule has 1 aliphatic heterocycles. The number of rotatable bonds is 13. The highest BCUT2D eigenvalue weighted by Gasteiger charge is 2.24. The number of aryl methyl sites for hydroxylation is 1. The van der Waals surface area contributed by atoms with Gasteiger partial charge in [-0.3, -0.25) is 9.78 Å². The maximum Gasteiger partial charge on any atom is 0.356 e. The second kappa shape index (κ2) is 16.9. The van der Waals surface area contributed by atoms with Crippen LogP contribution in [0.1, 0.15) is 91.9 Å². The third kappa shape index (κ3) is 9.33. The Hall–Kier alpha value is -3.36. The quantitative estimate of drug-likeness (QED) is 0.196. The number of hydrogen-bond acceptors (Lipinski definition) is 5. The Bertz CT molecular complexity index is 1350. The number of halogens is 2. The van der Waals surface area contributed by atoms with Gasteiger partial charge < -0.3 is 15.3 Å². The lowest BCUT2D eigenvalue weighted by molar-refractivity contribution is -0.118. The average Bonchev–Trinajstić information content (AvgIpc) is 2.97. The van der Waals surface area contributed by atoms with E-state index in [4.69, 9.17) is 16.7 Å². The number of anilines is 1. The Morgan fingerprint density at radius 1 is 1.07 bits per heavy atom. The van der Waals surface area contributed by atoms with Crippen LogP contribution in [-0.2, 0) is 17.8 Å². The zero-order valence-corrected chi connectivity index (χ0v) is 25.6. The molecule has 0 aliphatic carbocycles. The number of carbonyl (C=O) groups excluding carboxylic acids is 1. The molecule has 0 bridgehead atoms. The van der Waals surface area contributed by atoms with Crippen molar-refractivity contribution in [2.75, 3.05) is 18.5 Å². The molecule has 1 aromatic carbocycles. The minimum atomic E-state index is -1.11. The molecule has 0 saturated carbocycles. The van der Waals surface area contributed by atoms with E-state index >= 15 is 4.39 Å². The Morgan fingerprint density at radius 3 is 2.45 bits per heavy atom. The molecule has 0 spiro atoms. The van der Waals surface area contributed by atoms with Crippen molar-refractivity contribution in [2.45, 2.75) is 84.6 Å². The number of carbonyl (C=O) groups is 2. The van der Waals surface area contributed by atoms with Crippen molar-refractivity contribution < 1.29 is 19.1 Å². The molecule has 0 saturated heterocycles. The van der Waals surface area contributed by atoms with Crippen molar-refractivity contribution in [2.24, 2.45) is 0 Å². The monoisotopic (exact) mass is 596 g/mol. The maximum atomic E-state index is 15.0. The van der Waals surface area contributed by atoms with E-state index in [1.54, 1.807) is 24.2 Å². The van der Waals surface area contributed by atoms with Gasteiger partial charge in [-0.2, -0.15) is 0 Å². The molecule has 42 heavy (non-hydrogen) atoms. The van der Waals surface area contributed by atoms with E-state index in [0.717, 1.165) is 35.3 Å². The Morgan fingerprint density at radius 2 is 1.79 bits per heavy atom. The zero-order valence-electron chi connectivity index (χ0n) is 24.9. The Kier molecular flexibility index (Phi) is 13.4. The molecule has 2 aromatic heterocycles. The molecule has 0 unspecified atom stereocenters. The number of hydrogen-bond donors (Lipinski definition) is 2. The highest BCUT2D eigenvalue weighted by atomic mass is 35.5. The van der Waals surface area contributed by atoms with Crippen molar-refractivity contribution in [3.05, 3.63) is 76.1 Å². The summed E-state index contributed by atoms with van der Waals surface area (Å²) in [4.78, 5) is 31.7. The molecule has 0 fully saturated rings. The summed E-state index contributed by atoms with van der Waals surface area (Å²) in [6.45, 7) is 6.03. The van der Waals surface area contributed by atoms with Gasteiger partial charge in [0, 0.05) is 55.4 Å². The van der Waals surface area contributed by atoms with Gasteiger partial charge in [0.1, 0.15) is 5.82 Å². The summed E-state index contributed by atoms with van der Waals surface area (Å²) in [5.41, 5.74) is 5.15. The summed E-state index contributed by atoms with van der Waals surface area (Å²) in [6, 6.07) is 6.45. The van der Waals surface area contributed by atoms with Crippen LogP contribution in [0, 0.1) is 12.7 Å². The number of aromatic carboxylic acids is 1. The average molecular weight is 597 g/mol. The van der Waals surface area contributed by atoms with E-state index < -0.39 is 5.97 Å². The highest BCUT2D eigenvalue weighted by molar-refractivity contribution is 6.33. The van der Waals surface area contributed by atoms with Crippen LogP contribution in [0.4, 0.5) is 10.1 Å². The van der Waals surface area contributed by atoms with E-state index in [2.05, 4.69) is 22.2 Å². The van der Waals surface area contributed by atoms with Gasteiger partial charge in [0.2, 0.25) is 5.91 Å². The first-order chi connectivity index (χ1) is 20.2. The van der Waals surface area contributed by atoms with Crippen molar-refractivity contribution >= 4 is 29.2 Å². The van der Waals surface area contributed by atoms with Crippen molar-refractivity contribution in [3.8, 4) is 11.1 Å². The minimum Gasteiger partial charge on any atom is -0.476 e. The number of nitrogens with one attached hydrogen (secondary N) is 1. The molecule has 226 valence electrons. The summed E-state index contributed by atoms with van der Waals surface area (Å²) in [5, 5.41) is 12.1. The van der Waals surface area contributed by atoms with Crippen LogP contribution in [0.5, 0.6) is 0 Å². The van der Waals surface area contributed by atoms with Crippen LogP contribution in [0.3, 0.4) is 0 Å². The Balaban J connectivity index is 0.000000408. The van der Waals surface area contributed by atoms with Crippen LogP contribution in [0.2, 0.25) is 5.02 Å². The number of carboxylic acid groups (broad SMARTS) is 1. The summed E-state index contributed by atoms with van der Waals surface area (Å²) >= 11 is 5.48. The maximum absolute atomic E-state index is 15.0. The third-order valence-electron chi connectivity index (χ3n) is 7.61. The fourth-order valence-corrected chi connectivity index (χ4v) is 5.24. The lowest BCUT2D eigenvalue weighted by atomic mass is 9.93. The number of amides is 1. The van der Waals surface area contributed by atoms with Gasteiger partial charge in [-0.05, 0) is 67.3 Å². The smallest absolute Gasteiger partial charge is 0.356 e. The zero-order chi connectivity index (χ0) is 30.5. The predicted octanol–water partition coefficient (Wildman–Crippen LogP) is 7.77. The molecular formula is C33H42ClFN4O3. The van der Waals surface area contributed by atoms with Crippen molar-refractivity contribution in [3.63, 3.8) is 0 Å². The van der Waals surface area contributed by atoms with Gasteiger partial charge in [0.25, 0.3) is 0 Å². The van der Waals surface area contributed by atoms with E-state index in [0.29, 0.717) is 24.1 Å². The molecule has 3 heterocycles. The number of pyridine rings is 2. The van der Waals surface area contributed by atoms with Crippen molar-refractivity contribution in [1.82, 2.24) is 15.3 Å². The van der Waals surface area contributed by atoms with E-state index in [1.165, 1.54) is 69.7 Å². The normalized spacial score (nSPS) is 12.5. The van der Waals surface area contributed by atoms with Crippen LogP contribution < -0.4 is 10.2 Å².